The van der Waals surface area contributed by atoms with E-state index in [0.29, 0.717) is 28.6 Å². The molecule has 0 saturated heterocycles. The molecule has 2 aromatic rings. The number of carbonyl (C=O) groups excluding carboxylic acids is 1. The predicted molar refractivity (Wildman–Crippen MR) is 145 cm³/mol. The molecule has 0 spiro atoms. The lowest BCUT2D eigenvalue weighted by atomic mass is 9.84. The molecular formula is C27H36N5O3S+. The van der Waals surface area contributed by atoms with Crippen LogP contribution in [-0.2, 0) is 0 Å². The molecule has 0 atom stereocenters. The Kier molecular flexibility index (Phi) is 11.1. The zero-order valence-electron chi connectivity index (χ0n) is 21.1. The average Bonchev–Trinajstić information content (AvgIpc) is 2.92. The molecular weight excluding hydrogens is 474 g/mol. The van der Waals surface area contributed by atoms with Crippen LogP contribution in [0.1, 0.15) is 73.7 Å². The van der Waals surface area contributed by atoms with Gasteiger partial charge in [-0.25, -0.2) is 0 Å². The number of hydrogen-bond acceptors (Lipinski definition) is 6. The Morgan fingerprint density at radius 2 is 1.92 bits per heavy atom. The fraction of sp³-hybridized carbons (Fsp3) is 0.444. The molecule has 0 aliphatic heterocycles. The number of allylic oxidation sites excluding steroid dienone is 1. The Hall–Kier alpha value is -3.04. The summed E-state index contributed by atoms with van der Waals surface area (Å²) in [5.41, 5.74) is 5.32. The Balaban J connectivity index is 1.85. The number of nitrogens with zero attached hydrogens (tertiary/aromatic N) is 3. The highest BCUT2D eigenvalue weighted by atomic mass is 32.2. The molecule has 3 N–H and O–H groups in total. The first kappa shape index (κ1) is 27.5. The van der Waals surface area contributed by atoms with Crippen LogP contribution in [0.2, 0.25) is 0 Å². The van der Waals surface area contributed by atoms with Crippen molar-refractivity contribution in [2.75, 3.05) is 25.5 Å². The second-order valence-corrected chi connectivity index (χ2v) is 9.85. The van der Waals surface area contributed by atoms with Gasteiger partial charge in [-0.3, -0.25) is 4.79 Å². The van der Waals surface area contributed by atoms with Crippen molar-refractivity contribution in [2.24, 2.45) is 10.4 Å². The largest absolute Gasteiger partial charge is 0.392 e. The van der Waals surface area contributed by atoms with Crippen molar-refractivity contribution < 1.29 is 14.6 Å². The molecule has 0 bridgehead atoms. The van der Waals surface area contributed by atoms with Gasteiger partial charge in [-0.2, -0.15) is 5.43 Å². The number of anilines is 1. The maximum absolute atomic E-state index is 13.3. The molecule has 192 valence electrons. The molecule has 3 rings (SSSR count). The van der Waals surface area contributed by atoms with Gasteiger partial charge in [0.2, 0.25) is 0 Å². The lowest BCUT2D eigenvalue weighted by molar-refractivity contribution is -0.542. The average molecular weight is 511 g/mol. The van der Waals surface area contributed by atoms with Gasteiger partial charge < -0.3 is 10.4 Å². The van der Waals surface area contributed by atoms with Gasteiger partial charge >= 0.3 is 0 Å². The van der Waals surface area contributed by atoms with Crippen LogP contribution in [0.15, 0.2) is 68.9 Å². The topological polar surface area (TPSA) is 106 Å². The molecule has 1 fully saturated rings. The minimum absolute atomic E-state index is 0.0760. The zero-order chi connectivity index (χ0) is 25.8. The van der Waals surface area contributed by atoms with Gasteiger partial charge in [0, 0.05) is 10.6 Å². The highest BCUT2D eigenvalue weighted by Gasteiger charge is 2.20. The maximum Gasteiger partial charge on any atom is 0.256 e. The van der Waals surface area contributed by atoms with Crippen LogP contribution in [0.3, 0.4) is 0 Å². The van der Waals surface area contributed by atoms with Gasteiger partial charge in [0.05, 0.1) is 24.4 Å². The first-order valence-corrected chi connectivity index (χ1v) is 13.4. The minimum Gasteiger partial charge on any atom is -0.392 e. The third-order valence-electron chi connectivity index (χ3n) is 6.17. The van der Waals surface area contributed by atoms with E-state index in [1.165, 1.54) is 55.5 Å². The van der Waals surface area contributed by atoms with Crippen LogP contribution in [0.25, 0.3) is 0 Å². The van der Waals surface area contributed by atoms with Gasteiger partial charge in [-0.05, 0) is 84.1 Å². The van der Waals surface area contributed by atoms with Gasteiger partial charge in [0.15, 0.2) is 5.03 Å². The Morgan fingerprint density at radius 3 is 2.56 bits per heavy atom. The monoisotopic (exact) mass is 510 g/mol. The summed E-state index contributed by atoms with van der Waals surface area (Å²) < 4.78 is 1.66. The SMILES string of the molecule is CCC/C=C(Sc1ccc(N=O)cc1C(=O)Nc1ccc(C2CCCCC2)cc1)/[N+](CCO)=N\NC. The second-order valence-electron chi connectivity index (χ2n) is 8.79. The molecule has 9 heteroatoms. The van der Waals surface area contributed by atoms with E-state index in [2.05, 4.69) is 40.2 Å². The molecule has 0 aromatic heterocycles. The fourth-order valence-corrected chi connectivity index (χ4v) is 5.38. The molecule has 36 heavy (non-hydrogen) atoms. The predicted octanol–water partition coefficient (Wildman–Crippen LogP) is 6.71. The van der Waals surface area contributed by atoms with Crippen molar-refractivity contribution in [3.05, 3.63) is 69.6 Å². The van der Waals surface area contributed by atoms with Crippen LogP contribution < -0.4 is 10.7 Å². The molecule has 2 aromatic carbocycles. The molecule has 1 saturated carbocycles. The number of rotatable bonds is 12. The molecule has 0 radical (unpaired) electrons. The summed E-state index contributed by atoms with van der Waals surface area (Å²) >= 11 is 1.36. The van der Waals surface area contributed by atoms with Crippen LogP contribution in [0.4, 0.5) is 11.4 Å². The smallest absolute Gasteiger partial charge is 0.256 e. The van der Waals surface area contributed by atoms with E-state index in [1.807, 2.05) is 18.2 Å². The van der Waals surface area contributed by atoms with Crippen molar-refractivity contribution in [1.82, 2.24) is 5.43 Å². The Morgan fingerprint density at radius 1 is 1.17 bits per heavy atom. The summed E-state index contributed by atoms with van der Waals surface area (Å²) in [6.45, 7) is 2.30. The number of benzene rings is 2. The van der Waals surface area contributed by atoms with E-state index in [1.54, 1.807) is 23.9 Å². The van der Waals surface area contributed by atoms with E-state index < -0.39 is 0 Å². The number of nitrogens with one attached hydrogen (secondary N) is 2. The summed E-state index contributed by atoms with van der Waals surface area (Å²) in [6, 6.07) is 12.9. The highest BCUT2D eigenvalue weighted by Crippen LogP contribution is 2.35. The third kappa shape index (κ3) is 7.73. The van der Waals surface area contributed by atoms with Crippen molar-refractivity contribution in [3.63, 3.8) is 0 Å². The molecule has 8 nitrogen and oxygen atoms in total. The van der Waals surface area contributed by atoms with Crippen molar-refractivity contribution >= 4 is 29.0 Å². The van der Waals surface area contributed by atoms with Crippen molar-refractivity contribution in [1.29, 1.82) is 0 Å². The van der Waals surface area contributed by atoms with E-state index in [9.17, 15) is 14.8 Å². The molecule has 0 heterocycles. The number of carbonyl (C=O) groups is 1. The summed E-state index contributed by atoms with van der Waals surface area (Å²) in [7, 11) is 1.69. The quantitative estimate of drug-likeness (QED) is 0.0967. The second kappa shape index (κ2) is 14.5. The molecule has 0 unspecified atom stereocenters. The van der Waals surface area contributed by atoms with Crippen LogP contribution in [-0.4, -0.2) is 35.9 Å². The molecule has 1 aliphatic rings. The fourth-order valence-electron chi connectivity index (χ4n) is 4.32. The van der Waals surface area contributed by atoms with Gasteiger partial charge in [-0.15, -0.1) is 9.60 Å². The molecule has 1 amide bonds. The maximum atomic E-state index is 13.3. The van der Waals surface area contributed by atoms with Crippen molar-refractivity contribution in [3.8, 4) is 0 Å². The van der Waals surface area contributed by atoms with Crippen LogP contribution in [0, 0.1) is 4.91 Å². The summed E-state index contributed by atoms with van der Waals surface area (Å²) in [4.78, 5) is 25.2. The number of thioether (sulfide) groups is 1. The first-order valence-electron chi connectivity index (χ1n) is 12.6. The normalized spacial score (nSPS) is 15.0. The Bertz CT molecular complexity index is 1080. The van der Waals surface area contributed by atoms with E-state index in [-0.39, 0.29) is 18.2 Å². The summed E-state index contributed by atoms with van der Waals surface area (Å²) in [5.74, 6) is 0.280. The standard InChI is InChI=1S/C27H35N5O3S/c1-3-4-10-26(32(17-18-33)31-28-2)36-25-16-15-23(30-35)19-24(25)27(34)29-22-13-11-21(12-14-22)20-8-6-5-7-9-20/h10-16,19-20,33H,3-9,17-18H2,1-2H3,(H,29,34)/p+1/b26-10-. The van der Waals surface area contributed by atoms with Gasteiger partial charge in [0.25, 0.3) is 5.91 Å². The Labute approximate surface area is 217 Å². The lowest BCUT2D eigenvalue weighted by Crippen LogP contribution is -2.17. The number of hydrogen-bond donors (Lipinski definition) is 3. The number of unbranched alkanes of at least 4 members (excludes halogenated alkanes) is 1. The van der Waals surface area contributed by atoms with Crippen molar-refractivity contribution in [2.45, 2.75) is 62.7 Å². The summed E-state index contributed by atoms with van der Waals surface area (Å²) in [5, 5.41) is 20.5. The lowest BCUT2D eigenvalue weighted by Gasteiger charge is -2.22. The van der Waals surface area contributed by atoms with Crippen LogP contribution in [0.5, 0.6) is 0 Å². The van der Waals surface area contributed by atoms with E-state index in [4.69, 9.17) is 0 Å². The van der Waals surface area contributed by atoms with Gasteiger partial charge in [0.1, 0.15) is 12.2 Å². The number of amides is 1. The number of aliphatic hydroxyl groups is 1. The van der Waals surface area contributed by atoms with E-state index >= 15 is 0 Å². The first-order chi connectivity index (χ1) is 17.6. The third-order valence-corrected chi connectivity index (χ3v) is 7.33. The zero-order valence-corrected chi connectivity index (χ0v) is 21.9. The summed E-state index contributed by atoms with van der Waals surface area (Å²) in [6.07, 6.45) is 10.1. The highest BCUT2D eigenvalue weighted by molar-refractivity contribution is 8.02. The minimum atomic E-state index is -0.317. The number of aliphatic hydroxyl groups excluding tert-OH is 1. The van der Waals surface area contributed by atoms with Crippen LogP contribution >= 0.6 is 11.8 Å². The molecule has 1 aliphatic carbocycles. The number of nitroso groups, excluding NO2 is 1. The van der Waals surface area contributed by atoms with Gasteiger partial charge in [-0.1, -0.05) is 44.7 Å². The van der Waals surface area contributed by atoms with E-state index in [0.717, 1.165) is 17.9 Å².